The molecule has 0 spiro atoms. The molecule has 0 aliphatic heterocycles. The van der Waals surface area contributed by atoms with Crippen molar-refractivity contribution >= 4 is 31.3 Å². The maximum absolute atomic E-state index is 11.8. The van der Waals surface area contributed by atoms with Crippen LogP contribution in [0.5, 0.6) is 0 Å². The molecule has 3 aromatic rings. The Morgan fingerprint density at radius 1 is 0.750 bits per heavy atom. The molecule has 6 heteroatoms. The summed E-state index contributed by atoms with van der Waals surface area (Å²) in [7, 11) is -4.48. The average Bonchev–Trinajstić information content (AvgIpc) is 2.61. The van der Waals surface area contributed by atoms with E-state index in [4.69, 9.17) is 0 Å². The van der Waals surface area contributed by atoms with E-state index in [0.717, 1.165) is 11.1 Å². The van der Waals surface area contributed by atoms with Crippen molar-refractivity contribution in [3.8, 4) is 22.3 Å². The third-order valence-electron chi connectivity index (χ3n) is 3.59. The fourth-order valence-corrected chi connectivity index (χ4v) is 5.23. The molecule has 3 rings (SSSR count). The molecule has 24 heavy (non-hydrogen) atoms. The van der Waals surface area contributed by atoms with Gasteiger partial charge in [0.15, 0.2) is 21.2 Å². The van der Waals surface area contributed by atoms with E-state index in [1.54, 1.807) is 0 Å². The molecule has 0 heterocycles. The molecule has 0 aliphatic rings. The van der Waals surface area contributed by atoms with Gasteiger partial charge in [-0.25, -0.2) is 0 Å². The largest absolute Gasteiger partial charge is 0.295 e. The molecule has 1 N–H and O–H groups in total. The molecule has 0 amide bonds. The van der Waals surface area contributed by atoms with E-state index < -0.39 is 31.3 Å². The van der Waals surface area contributed by atoms with Crippen molar-refractivity contribution in [1.82, 2.24) is 0 Å². The second-order valence-corrected chi connectivity index (χ2v) is 8.03. The van der Waals surface area contributed by atoms with E-state index in [9.17, 15) is 16.0 Å². The Balaban J connectivity index is 2.37. The normalized spacial score (nSPS) is 11.4. The van der Waals surface area contributed by atoms with Crippen LogP contribution >= 0.6 is 21.2 Å². The zero-order valence-corrected chi connectivity index (χ0v) is 15.4. The van der Waals surface area contributed by atoms with Crippen molar-refractivity contribution < 1.29 is 16.0 Å². The molecule has 0 aromatic heterocycles. The predicted octanol–water partition coefficient (Wildman–Crippen LogP) is 4.75. The maximum atomic E-state index is 11.8. The van der Waals surface area contributed by atoms with Crippen LogP contribution in [0.25, 0.3) is 22.3 Å². The molecule has 4 nitrogen and oxygen atoms in total. The highest BCUT2D eigenvalue weighted by atomic mass is 127. The lowest BCUT2D eigenvalue weighted by Crippen LogP contribution is -2.03. The van der Waals surface area contributed by atoms with Gasteiger partial charge in [0, 0.05) is 0 Å². The Labute approximate surface area is 150 Å². The minimum Gasteiger partial charge on any atom is -0.282 e. The van der Waals surface area contributed by atoms with Gasteiger partial charge in [-0.1, -0.05) is 60.7 Å². The van der Waals surface area contributed by atoms with Crippen LogP contribution < -0.4 is 0 Å². The lowest BCUT2D eigenvalue weighted by Gasteiger charge is -2.12. The van der Waals surface area contributed by atoms with Crippen molar-refractivity contribution in [3.63, 3.8) is 0 Å². The molecule has 0 aliphatic carbocycles. The standard InChI is InChI=1S/C18H13IO4S/c20-19-18-16(14-9-5-2-6-10-14)11-15(12-17(18)24(21,22)23)13-7-3-1-4-8-13/h1-12H,(H,21,22,23). The molecule has 0 atom stereocenters. The van der Waals surface area contributed by atoms with Gasteiger partial charge < -0.3 is 0 Å². The van der Waals surface area contributed by atoms with Crippen LogP contribution in [0.15, 0.2) is 77.7 Å². The van der Waals surface area contributed by atoms with Crippen LogP contribution in [-0.2, 0) is 13.2 Å². The van der Waals surface area contributed by atoms with Gasteiger partial charge in [0.1, 0.15) is 4.90 Å². The Kier molecular flexibility index (Phi) is 4.88. The van der Waals surface area contributed by atoms with Gasteiger partial charge in [0.25, 0.3) is 10.1 Å². The number of halogens is 1. The Morgan fingerprint density at radius 3 is 1.79 bits per heavy atom. The van der Waals surface area contributed by atoms with E-state index in [-0.39, 0.29) is 8.47 Å². The minimum atomic E-state index is -4.48. The molecule has 0 unspecified atom stereocenters. The van der Waals surface area contributed by atoms with Crippen molar-refractivity contribution in [2.45, 2.75) is 4.90 Å². The fraction of sp³-hybridized carbons (Fsp3) is 0. The van der Waals surface area contributed by atoms with E-state index >= 15 is 0 Å². The van der Waals surface area contributed by atoms with Gasteiger partial charge in [-0.15, -0.1) is 0 Å². The molecule has 0 bridgehead atoms. The lowest BCUT2D eigenvalue weighted by atomic mass is 9.99. The van der Waals surface area contributed by atoms with E-state index in [1.165, 1.54) is 6.07 Å². The summed E-state index contributed by atoms with van der Waals surface area (Å²) >= 11 is -1.80. The van der Waals surface area contributed by atoms with Crippen molar-refractivity contribution in [2.24, 2.45) is 0 Å². The molecular weight excluding hydrogens is 439 g/mol. The summed E-state index contributed by atoms with van der Waals surface area (Å²) in [5, 5.41) is 0. The molecular formula is C18H13IO4S. The highest BCUT2D eigenvalue weighted by Crippen LogP contribution is 2.36. The van der Waals surface area contributed by atoms with Gasteiger partial charge in [-0.3, -0.25) is 7.62 Å². The van der Waals surface area contributed by atoms with E-state index in [1.807, 2.05) is 66.7 Å². The number of hydrogen-bond donors (Lipinski definition) is 1. The van der Waals surface area contributed by atoms with Crippen molar-refractivity contribution in [1.29, 1.82) is 0 Å². The van der Waals surface area contributed by atoms with Gasteiger partial charge >= 0.3 is 0 Å². The summed E-state index contributed by atoms with van der Waals surface area (Å²) in [6, 6.07) is 21.6. The molecule has 0 saturated carbocycles. The summed E-state index contributed by atoms with van der Waals surface area (Å²) in [5.41, 5.74) is 2.77. The molecule has 122 valence electrons. The van der Waals surface area contributed by atoms with Crippen molar-refractivity contribution in [2.75, 3.05) is 0 Å². The summed E-state index contributed by atoms with van der Waals surface area (Å²) in [6.45, 7) is 0. The Morgan fingerprint density at radius 2 is 1.29 bits per heavy atom. The van der Waals surface area contributed by atoms with Gasteiger partial charge in [0.05, 0.1) is 3.57 Å². The van der Waals surface area contributed by atoms with E-state index in [2.05, 4.69) is 0 Å². The number of hydrogen-bond acceptors (Lipinski definition) is 3. The van der Waals surface area contributed by atoms with Crippen LogP contribution in [0.2, 0.25) is 0 Å². The first-order valence-corrected chi connectivity index (χ1v) is 10.4. The second-order valence-electron chi connectivity index (χ2n) is 5.12. The fourth-order valence-electron chi connectivity index (χ4n) is 2.49. The number of rotatable bonds is 4. The monoisotopic (exact) mass is 452 g/mol. The van der Waals surface area contributed by atoms with Crippen LogP contribution in [0.4, 0.5) is 0 Å². The van der Waals surface area contributed by atoms with Crippen LogP contribution in [0, 0.1) is 3.57 Å². The SMILES string of the molecule is O=Ic1c(-c2ccccc2)cc(-c2ccccc2)cc1S(=O)(=O)O. The number of benzene rings is 3. The Bertz CT molecular complexity index is 984. The molecule has 0 saturated heterocycles. The summed E-state index contributed by atoms with van der Waals surface area (Å²) < 4.78 is 45.2. The average molecular weight is 452 g/mol. The first kappa shape index (κ1) is 16.9. The second kappa shape index (κ2) is 6.92. The highest BCUT2D eigenvalue weighted by molar-refractivity contribution is 14.1. The summed E-state index contributed by atoms with van der Waals surface area (Å²) in [4.78, 5) is -0.287. The van der Waals surface area contributed by atoms with E-state index in [0.29, 0.717) is 11.1 Å². The molecule has 3 aromatic carbocycles. The highest BCUT2D eigenvalue weighted by Gasteiger charge is 2.22. The third kappa shape index (κ3) is 3.45. The maximum Gasteiger partial charge on any atom is 0.295 e. The molecule has 0 radical (unpaired) electrons. The molecule has 0 fully saturated rings. The third-order valence-corrected chi connectivity index (χ3v) is 6.43. The van der Waals surface area contributed by atoms with Gasteiger partial charge in [-0.05, 0) is 34.4 Å². The van der Waals surface area contributed by atoms with Gasteiger partial charge in [-0.2, -0.15) is 8.42 Å². The quantitative estimate of drug-likeness (QED) is 0.458. The Hall–Kier alpha value is -1.90. The zero-order chi connectivity index (χ0) is 17.2. The topological polar surface area (TPSA) is 71.4 Å². The first-order valence-electron chi connectivity index (χ1n) is 7.04. The van der Waals surface area contributed by atoms with Crippen LogP contribution in [-0.4, -0.2) is 13.0 Å². The zero-order valence-electron chi connectivity index (χ0n) is 12.4. The van der Waals surface area contributed by atoms with Crippen molar-refractivity contribution in [3.05, 3.63) is 76.4 Å². The smallest absolute Gasteiger partial charge is 0.282 e. The minimum absolute atomic E-state index is 0.183. The lowest BCUT2D eigenvalue weighted by molar-refractivity contribution is 0.482. The summed E-state index contributed by atoms with van der Waals surface area (Å²) in [5.74, 6) is 0. The summed E-state index contributed by atoms with van der Waals surface area (Å²) in [6.07, 6.45) is 0. The first-order chi connectivity index (χ1) is 11.5. The van der Waals surface area contributed by atoms with Crippen LogP contribution in [0.1, 0.15) is 0 Å². The van der Waals surface area contributed by atoms with Gasteiger partial charge in [0.2, 0.25) is 0 Å². The van der Waals surface area contributed by atoms with Crippen LogP contribution in [0.3, 0.4) is 0 Å². The predicted molar refractivity (Wildman–Crippen MR) is 101 cm³/mol.